The molecule has 0 heterocycles. The van der Waals surface area contributed by atoms with Crippen LogP contribution in [0.1, 0.15) is 59.7 Å². The highest BCUT2D eigenvalue weighted by Crippen LogP contribution is 2.32. The molecule has 0 aliphatic heterocycles. The van der Waals surface area contributed by atoms with Gasteiger partial charge in [-0.15, -0.1) is 0 Å². The molecule has 0 atom stereocenters. The van der Waals surface area contributed by atoms with Crippen molar-refractivity contribution in [1.29, 1.82) is 0 Å². The van der Waals surface area contributed by atoms with Crippen molar-refractivity contribution in [3.05, 3.63) is 57.6 Å². The smallest absolute Gasteiger partial charge is 0.343 e. The van der Waals surface area contributed by atoms with Gasteiger partial charge < -0.3 is 9.47 Å². The molecule has 2 aromatic carbocycles. The number of esters is 1. The van der Waals surface area contributed by atoms with E-state index in [-0.39, 0.29) is 21.4 Å². The van der Waals surface area contributed by atoms with E-state index in [4.69, 9.17) is 32.7 Å². The Morgan fingerprint density at radius 3 is 2.41 bits per heavy atom. The van der Waals surface area contributed by atoms with Crippen LogP contribution in [-0.2, 0) is 0 Å². The largest absolute Gasteiger partial charge is 0.494 e. The lowest BCUT2D eigenvalue weighted by Crippen LogP contribution is -2.10. The summed E-state index contributed by atoms with van der Waals surface area (Å²) in [7, 11) is 0. The molecule has 0 radical (unpaired) electrons. The zero-order chi connectivity index (χ0) is 19.6. The van der Waals surface area contributed by atoms with Gasteiger partial charge in [-0.3, -0.25) is 4.79 Å². The molecular weight excluding hydrogens is 387 g/mol. The van der Waals surface area contributed by atoms with Gasteiger partial charge in [-0.05, 0) is 42.8 Å². The van der Waals surface area contributed by atoms with Crippen LogP contribution >= 0.6 is 23.2 Å². The number of hydrogen-bond acceptors (Lipinski definition) is 4. The van der Waals surface area contributed by atoms with Crippen LogP contribution in [0.3, 0.4) is 0 Å². The fourth-order valence-corrected chi connectivity index (χ4v) is 3.06. The minimum Gasteiger partial charge on any atom is -0.494 e. The van der Waals surface area contributed by atoms with Gasteiger partial charge in [-0.1, -0.05) is 55.8 Å². The van der Waals surface area contributed by atoms with E-state index in [1.807, 2.05) is 0 Å². The molecule has 6 heteroatoms. The minimum atomic E-state index is -0.617. The summed E-state index contributed by atoms with van der Waals surface area (Å²) in [5.41, 5.74) is 0.442. The number of carbonyl (C=O) groups excluding carboxylic acids is 2. The highest BCUT2D eigenvalue weighted by Gasteiger charge is 2.16. The summed E-state index contributed by atoms with van der Waals surface area (Å²) >= 11 is 11.9. The highest BCUT2D eigenvalue weighted by atomic mass is 35.5. The van der Waals surface area contributed by atoms with Gasteiger partial charge in [0, 0.05) is 5.02 Å². The standard InChI is InChI=1S/C21H22Cl2O4/c1-2-3-4-5-6-11-26-18-9-7-15(8-10-18)21(25)27-20-16(14-24)12-17(22)13-19(20)23/h7-10,12-14H,2-6,11H2,1H3. The maximum atomic E-state index is 12.3. The number of carbonyl (C=O) groups is 2. The molecule has 0 fully saturated rings. The molecule has 0 aliphatic rings. The van der Waals surface area contributed by atoms with Crippen molar-refractivity contribution in [3.8, 4) is 11.5 Å². The summed E-state index contributed by atoms with van der Waals surface area (Å²) in [6.45, 7) is 2.83. The van der Waals surface area contributed by atoms with Crippen LogP contribution in [0.2, 0.25) is 10.0 Å². The molecule has 0 aliphatic carbocycles. The number of hydrogen-bond donors (Lipinski definition) is 0. The van der Waals surface area contributed by atoms with Crippen LogP contribution in [0.5, 0.6) is 11.5 Å². The second-order valence-electron chi connectivity index (χ2n) is 6.10. The first kappa shape index (κ1) is 21.3. The van der Waals surface area contributed by atoms with Crippen molar-refractivity contribution in [2.75, 3.05) is 6.61 Å². The fourth-order valence-electron chi connectivity index (χ4n) is 2.51. The van der Waals surface area contributed by atoms with E-state index in [9.17, 15) is 9.59 Å². The molecule has 27 heavy (non-hydrogen) atoms. The van der Waals surface area contributed by atoms with E-state index in [2.05, 4.69) is 6.92 Å². The number of ether oxygens (including phenoxy) is 2. The Morgan fingerprint density at radius 1 is 1.04 bits per heavy atom. The molecule has 0 bridgehead atoms. The SMILES string of the molecule is CCCCCCCOc1ccc(C(=O)Oc2c(Cl)cc(Cl)cc2C=O)cc1. The van der Waals surface area contributed by atoms with Gasteiger partial charge in [0.25, 0.3) is 0 Å². The van der Waals surface area contributed by atoms with E-state index >= 15 is 0 Å². The second-order valence-corrected chi connectivity index (χ2v) is 6.94. The lowest BCUT2D eigenvalue weighted by atomic mass is 10.2. The molecule has 0 spiro atoms. The van der Waals surface area contributed by atoms with Crippen LogP contribution in [0.4, 0.5) is 0 Å². The topological polar surface area (TPSA) is 52.6 Å². The number of benzene rings is 2. The lowest BCUT2D eigenvalue weighted by molar-refractivity contribution is 0.0733. The van der Waals surface area contributed by atoms with Crippen LogP contribution in [0.15, 0.2) is 36.4 Å². The predicted molar refractivity (Wildman–Crippen MR) is 108 cm³/mol. The third-order valence-electron chi connectivity index (χ3n) is 3.97. The zero-order valence-corrected chi connectivity index (χ0v) is 16.7. The van der Waals surface area contributed by atoms with Gasteiger partial charge in [-0.25, -0.2) is 4.79 Å². The Kier molecular flexibility index (Phi) is 8.62. The van der Waals surface area contributed by atoms with Gasteiger partial charge in [0.05, 0.1) is 22.8 Å². The molecule has 0 aromatic heterocycles. The molecular formula is C21H22Cl2O4. The fraction of sp³-hybridized carbons (Fsp3) is 0.333. The van der Waals surface area contributed by atoms with Crippen LogP contribution in [0, 0.1) is 0 Å². The van der Waals surface area contributed by atoms with Crippen LogP contribution < -0.4 is 9.47 Å². The van der Waals surface area contributed by atoms with E-state index in [1.54, 1.807) is 24.3 Å². The van der Waals surface area contributed by atoms with E-state index < -0.39 is 5.97 Å². The molecule has 2 rings (SSSR count). The van der Waals surface area contributed by atoms with Crippen molar-refractivity contribution < 1.29 is 19.1 Å². The van der Waals surface area contributed by atoms with E-state index in [1.165, 1.54) is 31.4 Å². The highest BCUT2D eigenvalue weighted by molar-refractivity contribution is 6.36. The molecule has 0 unspecified atom stereocenters. The average Bonchev–Trinajstić information content (AvgIpc) is 2.66. The third kappa shape index (κ3) is 6.56. The Bertz CT molecular complexity index is 772. The predicted octanol–water partition coefficient (Wildman–Crippen LogP) is 6.37. The molecule has 2 aromatic rings. The van der Waals surface area contributed by atoms with Crippen molar-refractivity contribution in [1.82, 2.24) is 0 Å². The maximum Gasteiger partial charge on any atom is 0.343 e. The molecule has 144 valence electrons. The monoisotopic (exact) mass is 408 g/mol. The lowest BCUT2D eigenvalue weighted by Gasteiger charge is -2.10. The number of aldehydes is 1. The van der Waals surface area contributed by atoms with Crippen LogP contribution in [-0.4, -0.2) is 18.9 Å². The summed E-state index contributed by atoms with van der Waals surface area (Å²) < 4.78 is 11.0. The molecule has 0 amide bonds. The van der Waals surface area contributed by atoms with Gasteiger partial charge in [0.2, 0.25) is 0 Å². The zero-order valence-electron chi connectivity index (χ0n) is 15.2. The summed E-state index contributed by atoms with van der Waals surface area (Å²) in [5, 5.41) is 0.388. The number of halogens is 2. The minimum absolute atomic E-state index is 0.00604. The van der Waals surface area contributed by atoms with Crippen LogP contribution in [0.25, 0.3) is 0 Å². The van der Waals surface area contributed by atoms with Crippen molar-refractivity contribution >= 4 is 35.5 Å². The third-order valence-corrected chi connectivity index (χ3v) is 4.46. The average molecular weight is 409 g/mol. The van der Waals surface area contributed by atoms with E-state index in [0.717, 1.165) is 12.8 Å². The first-order chi connectivity index (χ1) is 13.0. The summed E-state index contributed by atoms with van der Waals surface area (Å²) in [6, 6.07) is 9.45. The molecule has 0 N–H and O–H groups in total. The molecule has 0 saturated heterocycles. The van der Waals surface area contributed by atoms with Gasteiger partial charge in [-0.2, -0.15) is 0 Å². The van der Waals surface area contributed by atoms with Gasteiger partial charge >= 0.3 is 5.97 Å². The Morgan fingerprint density at radius 2 is 1.74 bits per heavy atom. The van der Waals surface area contributed by atoms with Crippen molar-refractivity contribution in [2.24, 2.45) is 0 Å². The maximum absolute atomic E-state index is 12.3. The molecule has 0 saturated carbocycles. The number of unbranched alkanes of at least 4 members (excludes halogenated alkanes) is 4. The number of rotatable bonds is 10. The summed E-state index contributed by atoms with van der Waals surface area (Å²) in [6.07, 6.45) is 6.39. The van der Waals surface area contributed by atoms with Gasteiger partial charge in [0.15, 0.2) is 12.0 Å². The summed E-state index contributed by atoms with van der Waals surface area (Å²) in [5.74, 6) is 0.0713. The molecule has 4 nitrogen and oxygen atoms in total. The first-order valence-electron chi connectivity index (χ1n) is 8.94. The summed E-state index contributed by atoms with van der Waals surface area (Å²) in [4.78, 5) is 23.5. The second kappa shape index (κ2) is 11.0. The Labute approximate surface area is 169 Å². The van der Waals surface area contributed by atoms with E-state index in [0.29, 0.717) is 24.2 Å². The van der Waals surface area contributed by atoms with Crippen molar-refractivity contribution in [3.63, 3.8) is 0 Å². The van der Waals surface area contributed by atoms with Crippen molar-refractivity contribution in [2.45, 2.75) is 39.0 Å². The Hall–Kier alpha value is -2.04. The Balaban J connectivity index is 1.93. The first-order valence-corrected chi connectivity index (χ1v) is 9.70. The quantitative estimate of drug-likeness (QED) is 0.198. The normalized spacial score (nSPS) is 10.5. The van der Waals surface area contributed by atoms with Gasteiger partial charge in [0.1, 0.15) is 5.75 Å².